The number of hydrogen-bond acceptors (Lipinski definition) is 1. The molecule has 0 fully saturated rings. The molecule has 0 bridgehead atoms. The minimum atomic E-state index is -0.620. The number of benzene rings is 1. The first-order chi connectivity index (χ1) is 5.15. The maximum atomic E-state index is 12.7. The summed E-state index contributed by atoms with van der Waals surface area (Å²) in [5.74, 6) is -0.964. The maximum Gasteiger partial charge on any atom is 0.132 e. The summed E-state index contributed by atoms with van der Waals surface area (Å²) in [5.41, 5.74) is 0.328. The Morgan fingerprint density at radius 2 is 1.91 bits per heavy atom. The van der Waals surface area contributed by atoms with Crippen LogP contribution in [0.5, 0.6) is 5.75 Å². The predicted molar refractivity (Wildman–Crippen MR) is 37.6 cm³/mol. The zero-order valence-electron chi connectivity index (χ0n) is 6.32. The molecule has 1 nitrogen and oxygen atoms in total. The van der Waals surface area contributed by atoms with Crippen molar-refractivity contribution >= 4 is 0 Å². The smallest absolute Gasteiger partial charge is 0.132 e. The Bertz CT molecular complexity index is 271. The molecular formula is C8H8F2O. The van der Waals surface area contributed by atoms with Crippen LogP contribution >= 0.6 is 0 Å². The molecule has 0 N–H and O–H groups in total. The van der Waals surface area contributed by atoms with Crippen molar-refractivity contribution in [3.05, 3.63) is 29.3 Å². The van der Waals surface area contributed by atoms with Crippen LogP contribution in [-0.2, 0) is 0 Å². The topological polar surface area (TPSA) is 9.23 Å². The van der Waals surface area contributed by atoms with Gasteiger partial charge in [0.05, 0.1) is 7.11 Å². The van der Waals surface area contributed by atoms with Gasteiger partial charge in [-0.3, -0.25) is 0 Å². The van der Waals surface area contributed by atoms with Gasteiger partial charge >= 0.3 is 0 Å². The van der Waals surface area contributed by atoms with Crippen molar-refractivity contribution in [2.75, 3.05) is 7.11 Å². The van der Waals surface area contributed by atoms with E-state index in [2.05, 4.69) is 0 Å². The Morgan fingerprint density at radius 1 is 1.27 bits per heavy atom. The van der Waals surface area contributed by atoms with Gasteiger partial charge in [-0.25, -0.2) is 8.78 Å². The Labute approximate surface area is 63.6 Å². The number of ether oxygens (including phenoxy) is 1. The van der Waals surface area contributed by atoms with E-state index in [0.717, 1.165) is 12.1 Å². The zero-order valence-corrected chi connectivity index (χ0v) is 6.32. The highest BCUT2D eigenvalue weighted by atomic mass is 19.1. The van der Waals surface area contributed by atoms with Gasteiger partial charge in [0.25, 0.3) is 0 Å². The average molecular weight is 158 g/mol. The van der Waals surface area contributed by atoms with Crippen molar-refractivity contribution in [3.8, 4) is 5.75 Å². The fraction of sp³-hybridized carbons (Fsp3) is 0.250. The minimum Gasteiger partial charge on any atom is -0.496 e. The van der Waals surface area contributed by atoms with Crippen LogP contribution in [0.2, 0.25) is 0 Å². The Balaban J connectivity index is 3.24. The molecule has 0 amide bonds. The van der Waals surface area contributed by atoms with Gasteiger partial charge < -0.3 is 4.74 Å². The predicted octanol–water partition coefficient (Wildman–Crippen LogP) is 2.28. The van der Waals surface area contributed by atoms with Crippen molar-refractivity contribution in [1.29, 1.82) is 0 Å². The van der Waals surface area contributed by atoms with E-state index in [-0.39, 0.29) is 5.75 Å². The molecule has 11 heavy (non-hydrogen) atoms. The van der Waals surface area contributed by atoms with E-state index in [4.69, 9.17) is 4.74 Å². The molecule has 0 saturated heterocycles. The molecule has 3 heteroatoms. The standard InChI is InChI=1S/C8H8F2O/c1-5-7(10)3-6(9)4-8(5)11-2/h3-4H,1-2H3. The van der Waals surface area contributed by atoms with E-state index < -0.39 is 11.6 Å². The summed E-state index contributed by atoms with van der Waals surface area (Å²) in [6, 6.07) is 1.98. The number of rotatable bonds is 1. The zero-order chi connectivity index (χ0) is 8.43. The lowest BCUT2D eigenvalue weighted by Gasteiger charge is -2.04. The molecular weight excluding hydrogens is 150 g/mol. The van der Waals surface area contributed by atoms with Gasteiger partial charge in [0.1, 0.15) is 17.4 Å². The quantitative estimate of drug-likeness (QED) is 0.609. The van der Waals surface area contributed by atoms with Gasteiger partial charge in [-0.05, 0) is 6.92 Å². The van der Waals surface area contributed by atoms with E-state index in [1.165, 1.54) is 14.0 Å². The molecule has 0 aliphatic rings. The van der Waals surface area contributed by atoms with E-state index >= 15 is 0 Å². The first-order valence-electron chi connectivity index (χ1n) is 3.15. The van der Waals surface area contributed by atoms with Crippen molar-refractivity contribution in [2.24, 2.45) is 0 Å². The minimum absolute atomic E-state index is 0.238. The summed E-state index contributed by atoms with van der Waals surface area (Å²) in [6.45, 7) is 1.54. The number of halogens is 2. The summed E-state index contributed by atoms with van der Waals surface area (Å²) in [7, 11) is 1.38. The third-order valence-electron chi connectivity index (χ3n) is 1.48. The van der Waals surface area contributed by atoms with Gasteiger partial charge in [0.15, 0.2) is 0 Å². The van der Waals surface area contributed by atoms with Crippen LogP contribution in [0.3, 0.4) is 0 Å². The monoisotopic (exact) mass is 158 g/mol. The summed E-state index contributed by atoms with van der Waals surface area (Å²) < 4.78 is 29.9. The van der Waals surface area contributed by atoms with Crippen molar-refractivity contribution in [1.82, 2.24) is 0 Å². The van der Waals surface area contributed by atoms with Crippen molar-refractivity contribution < 1.29 is 13.5 Å². The van der Waals surface area contributed by atoms with Crippen LogP contribution in [0.1, 0.15) is 5.56 Å². The molecule has 1 rings (SSSR count). The third kappa shape index (κ3) is 1.48. The fourth-order valence-electron chi connectivity index (χ4n) is 0.834. The van der Waals surface area contributed by atoms with E-state index in [1.807, 2.05) is 0 Å². The molecule has 0 heterocycles. The highest BCUT2D eigenvalue weighted by Gasteiger charge is 2.06. The van der Waals surface area contributed by atoms with Gasteiger partial charge in [-0.2, -0.15) is 0 Å². The molecule has 0 aliphatic heterocycles. The van der Waals surface area contributed by atoms with Gasteiger partial charge in [0.2, 0.25) is 0 Å². The van der Waals surface area contributed by atoms with Crippen LogP contribution in [0.25, 0.3) is 0 Å². The van der Waals surface area contributed by atoms with E-state index in [1.54, 1.807) is 0 Å². The second kappa shape index (κ2) is 2.86. The highest BCUT2D eigenvalue weighted by molar-refractivity contribution is 5.33. The largest absolute Gasteiger partial charge is 0.496 e. The molecule has 1 aromatic carbocycles. The summed E-state index contributed by atoms with van der Waals surface area (Å²) in [4.78, 5) is 0. The molecule has 0 aromatic heterocycles. The lowest BCUT2D eigenvalue weighted by atomic mass is 10.2. The molecule has 0 radical (unpaired) electrons. The lowest BCUT2D eigenvalue weighted by Crippen LogP contribution is -1.92. The van der Waals surface area contributed by atoms with Crippen LogP contribution in [-0.4, -0.2) is 7.11 Å². The highest BCUT2D eigenvalue weighted by Crippen LogP contribution is 2.21. The number of hydrogen-bond donors (Lipinski definition) is 0. The Hall–Kier alpha value is -1.12. The van der Waals surface area contributed by atoms with E-state index in [0.29, 0.717) is 5.56 Å². The van der Waals surface area contributed by atoms with Gasteiger partial charge in [-0.15, -0.1) is 0 Å². The van der Waals surface area contributed by atoms with Crippen LogP contribution in [0, 0.1) is 18.6 Å². The van der Waals surface area contributed by atoms with Crippen molar-refractivity contribution in [3.63, 3.8) is 0 Å². The molecule has 0 aliphatic carbocycles. The van der Waals surface area contributed by atoms with Crippen LogP contribution < -0.4 is 4.74 Å². The SMILES string of the molecule is COc1cc(F)cc(F)c1C. The second-order valence-electron chi connectivity index (χ2n) is 2.21. The van der Waals surface area contributed by atoms with Gasteiger partial charge in [0, 0.05) is 17.7 Å². The maximum absolute atomic E-state index is 12.7. The van der Waals surface area contributed by atoms with E-state index in [9.17, 15) is 8.78 Å². The lowest BCUT2D eigenvalue weighted by molar-refractivity contribution is 0.402. The number of methoxy groups -OCH3 is 1. The summed E-state index contributed by atoms with van der Waals surface area (Å²) in [5, 5.41) is 0. The van der Waals surface area contributed by atoms with Crippen LogP contribution in [0.4, 0.5) is 8.78 Å². The molecule has 60 valence electrons. The molecule has 0 saturated carbocycles. The molecule has 1 aromatic rings. The summed E-state index contributed by atoms with van der Waals surface area (Å²) in [6.07, 6.45) is 0. The first-order valence-corrected chi connectivity index (χ1v) is 3.15. The van der Waals surface area contributed by atoms with Gasteiger partial charge in [-0.1, -0.05) is 0 Å². The Kier molecular flexibility index (Phi) is 2.08. The fourth-order valence-corrected chi connectivity index (χ4v) is 0.834. The normalized spacial score (nSPS) is 9.82. The molecule has 0 atom stereocenters. The van der Waals surface area contributed by atoms with Crippen molar-refractivity contribution in [2.45, 2.75) is 6.92 Å². The molecule has 0 unspecified atom stereocenters. The Morgan fingerprint density at radius 3 is 2.45 bits per heavy atom. The molecule has 0 spiro atoms. The van der Waals surface area contributed by atoms with Crippen LogP contribution in [0.15, 0.2) is 12.1 Å². The second-order valence-corrected chi connectivity index (χ2v) is 2.21. The average Bonchev–Trinajstić information content (AvgIpc) is 1.96. The first kappa shape index (κ1) is 7.98. The summed E-state index contributed by atoms with van der Waals surface area (Å²) >= 11 is 0. The third-order valence-corrected chi connectivity index (χ3v) is 1.48.